The van der Waals surface area contributed by atoms with Gasteiger partial charge >= 0.3 is 0 Å². The molecule has 0 N–H and O–H groups in total. The largest absolute Gasteiger partial charge is 0.464 e. The summed E-state index contributed by atoms with van der Waals surface area (Å²) in [5.41, 5.74) is 3.29. The molecule has 4 nitrogen and oxygen atoms in total. The van der Waals surface area contributed by atoms with Crippen molar-refractivity contribution in [1.29, 1.82) is 0 Å². The van der Waals surface area contributed by atoms with E-state index in [2.05, 4.69) is 41.3 Å². The van der Waals surface area contributed by atoms with Crippen molar-refractivity contribution in [1.82, 2.24) is 9.47 Å². The van der Waals surface area contributed by atoms with E-state index < -0.39 is 0 Å². The molecule has 2 aliphatic rings. The molecule has 2 bridgehead atoms. The van der Waals surface area contributed by atoms with E-state index in [0.717, 1.165) is 26.2 Å². The molecule has 1 fully saturated rings. The van der Waals surface area contributed by atoms with E-state index in [1.165, 1.54) is 17.7 Å². The predicted molar refractivity (Wildman–Crippen MR) is 101 cm³/mol. The van der Waals surface area contributed by atoms with Crippen LogP contribution in [0.15, 0.2) is 70.1 Å². The quantitative estimate of drug-likeness (QED) is 0.725. The summed E-state index contributed by atoms with van der Waals surface area (Å²) in [4.78, 5) is 15.5. The molecule has 0 unspecified atom stereocenters. The van der Waals surface area contributed by atoms with Crippen molar-refractivity contribution < 1.29 is 4.42 Å². The topological polar surface area (TPSA) is 38.4 Å². The molecule has 0 spiro atoms. The van der Waals surface area contributed by atoms with Crippen LogP contribution in [0.4, 0.5) is 0 Å². The van der Waals surface area contributed by atoms with Crippen LogP contribution in [0.1, 0.15) is 23.6 Å². The Morgan fingerprint density at radius 3 is 2.65 bits per heavy atom. The summed E-state index contributed by atoms with van der Waals surface area (Å²) in [6.07, 6.45) is 2.81. The van der Waals surface area contributed by atoms with Gasteiger partial charge in [-0.3, -0.25) is 9.69 Å². The smallest absolute Gasteiger partial charge is 0.261 e. The lowest BCUT2D eigenvalue weighted by Crippen LogP contribution is -2.46. The monoisotopic (exact) mass is 346 g/mol. The zero-order chi connectivity index (χ0) is 17.5. The molecule has 4 heteroatoms. The standard InChI is InChI=1S/C22H22N2O2/c25-22-19(21-7-4-10-26-21)8-9-20-18-11-17(14-24(20)22)13-23(15-18)12-16-5-2-1-3-6-16/h1-10,17-18H,11-15H2/t17-,18+/m0/s1. The van der Waals surface area contributed by atoms with Gasteiger partial charge in [0.1, 0.15) is 5.76 Å². The highest BCUT2D eigenvalue weighted by Gasteiger charge is 2.35. The Balaban J connectivity index is 1.44. The summed E-state index contributed by atoms with van der Waals surface area (Å²) in [5.74, 6) is 1.63. The zero-order valence-corrected chi connectivity index (χ0v) is 14.7. The van der Waals surface area contributed by atoms with E-state index in [1.54, 1.807) is 6.26 Å². The third-order valence-electron chi connectivity index (χ3n) is 5.72. The highest BCUT2D eigenvalue weighted by Crippen LogP contribution is 2.36. The fourth-order valence-electron chi connectivity index (χ4n) is 4.64. The molecular weight excluding hydrogens is 324 g/mol. The Kier molecular flexibility index (Phi) is 3.79. The number of hydrogen-bond donors (Lipinski definition) is 0. The van der Waals surface area contributed by atoms with Crippen LogP contribution in [0, 0.1) is 5.92 Å². The van der Waals surface area contributed by atoms with Crippen LogP contribution in [-0.4, -0.2) is 22.6 Å². The maximum Gasteiger partial charge on any atom is 0.261 e. The van der Waals surface area contributed by atoms with E-state index in [1.807, 2.05) is 22.8 Å². The molecule has 4 heterocycles. The van der Waals surface area contributed by atoms with Crippen LogP contribution in [0.3, 0.4) is 0 Å². The number of hydrogen-bond acceptors (Lipinski definition) is 3. The van der Waals surface area contributed by atoms with Crippen molar-refractivity contribution in [2.24, 2.45) is 5.92 Å². The van der Waals surface area contributed by atoms with E-state index in [9.17, 15) is 4.79 Å². The molecule has 2 aliphatic heterocycles. The lowest BCUT2D eigenvalue weighted by molar-refractivity contribution is 0.114. The van der Waals surface area contributed by atoms with Gasteiger partial charge in [-0.2, -0.15) is 0 Å². The minimum atomic E-state index is 0.0867. The first-order chi connectivity index (χ1) is 12.8. The van der Waals surface area contributed by atoms with Gasteiger partial charge in [-0.1, -0.05) is 30.3 Å². The molecule has 2 aromatic heterocycles. The number of aromatic nitrogens is 1. The van der Waals surface area contributed by atoms with Gasteiger partial charge in [0.25, 0.3) is 5.56 Å². The molecule has 5 rings (SSSR count). The van der Waals surface area contributed by atoms with Crippen LogP contribution < -0.4 is 5.56 Å². The number of fused-ring (bicyclic) bond motifs is 4. The molecular formula is C22H22N2O2. The van der Waals surface area contributed by atoms with Crippen LogP contribution in [0.2, 0.25) is 0 Å². The van der Waals surface area contributed by atoms with E-state index in [4.69, 9.17) is 4.42 Å². The first kappa shape index (κ1) is 15.6. The second kappa shape index (κ2) is 6.29. The van der Waals surface area contributed by atoms with Crippen LogP contribution in [0.5, 0.6) is 0 Å². The van der Waals surface area contributed by atoms with E-state index in [0.29, 0.717) is 23.2 Å². The lowest BCUT2D eigenvalue weighted by Gasteiger charge is -2.43. The number of likely N-dealkylation sites (tertiary alicyclic amines) is 1. The first-order valence-corrected chi connectivity index (χ1v) is 9.32. The van der Waals surface area contributed by atoms with E-state index in [-0.39, 0.29) is 5.56 Å². The van der Waals surface area contributed by atoms with Gasteiger partial charge in [0.05, 0.1) is 11.8 Å². The molecule has 3 aromatic rings. The van der Waals surface area contributed by atoms with Gasteiger partial charge < -0.3 is 8.98 Å². The van der Waals surface area contributed by atoms with Crippen molar-refractivity contribution in [3.05, 3.63) is 82.5 Å². The Morgan fingerprint density at radius 2 is 1.85 bits per heavy atom. The summed E-state index contributed by atoms with van der Waals surface area (Å²) in [6.45, 7) is 3.88. The highest BCUT2D eigenvalue weighted by atomic mass is 16.3. The van der Waals surface area contributed by atoms with Gasteiger partial charge in [-0.25, -0.2) is 0 Å². The van der Waals surface area contributed by atoms with Gasteiger partial charge in [0, 0.05) is 37.8 Å². The predicted octanol–water partition coefficient (Wildman–Crippen LogP) is 3.73. The molecule has 132 valence electrons. The zero-order valence-electron chi connectivity index (χ0n) is 14.7. The fraction of sp³-hybridized carbons (Fsp3) is 0.318. The number of piperidine rings is 1. The Bertz CT molecular complexity index is 960. The molecule has 0 radical (unpaired) electrons. The Morgan fingerprint density at radius 1 is 0.962 bits per heavy atom. The van der Waals surface area contributed by atoms with Gasteiger partial charge in [-0.15, -0.1) is 0 Å². The van der Waals surface area contributed by atoms with Gasteiger partial charge in [0.15, 0.2) is 0 Å². The lowest BCUT2D eigenvalue weighted by atomic mass is 9.82. The van der Waals surface area contributed by atoms with Crippen molar-refractivity contribution in [3.63, 3.8) is 0 Å². The summed E-state index contributed by atoms with van der Waals surface area (Å²) < 4.78 is 7.44. The molecule has 0 aliphatic carbocycles. The molecule has 1 aromatic carbocycles. The average molecular weight is 346 g/mol. The van der Waals surface area contributed by atoms with Crippen molar-refractivity contribution >= 4 is 0 Å². The van der Waals surface area contributed by atoms with E-state index >= 15 is 0 Å². The Hall–Kier alpha value is -2.59. The minimum absolute atomic E-state index is 0.0867. The number of benzene rings is 1. The van der Waals surface area contributed by atoms with Gasteiger partial charge in [0.2, 0.25) is 0 Å². The molecule has 0 amide bonds. The Labute approximate surface area is 152 Å². The minimum Gasteiger partial charge on any atom is -0.464 e. The molecule has 1 saturated heterocycles. The van der Waals surface area contributed by atoms with Crippen LogP contribution >= 0.6 is 0 Å². The fourth-order valence-corrected chi connectivity index (χ4v) is 4.64. The van der Waals surface area contributed by atoms with Gasteiger partial charge in [-0.05, 0) is 42.2 Å². The normalized spacial score (nSPS) is 22.2. The van der Waals surface area contributed by atoms with Crippen LogP contribution in [0.25, 0.3) is 11.3 Å². The van der Waals surface area contributed by atoms with Crippen molar-refractivity contribution in [3.8, 4) is 11.3 Å². The maximum atomic E-state index is 13.0. The first-order valence-electron chi connectivity index (χ1n) is 9.32. The summed E-state index contributed by atoms with van der Waals surface area (Å²) in [7, 11) is 0. The maximum absolute atomic E-state index is 13.0. The molecule has 26 heavy (non-hydrogen) atoms. The third-order valence-corrected chi connectivity index (χ3v) is 5.72. The van der Waals surface area contributed by atoms with Crippen molar-refractivity contribution in [2.75, 3.05) is 13.1 Å². The number of rotatable bonds is 3. The molecule has 0 saturated carbocycles. The SMILES string of the molecule is O=c1c(-c2ccco2)ccc2n1C[C@H]1C[C@@H]2CN(Cc2ccccc2)C1. The summed E-state index contributed by atoms with van der Waals surface area (Å²) >= 11 is 0. The molecule has 2 atom stereocenters. The summed E-state index contributed by atoms with van der Waals surface area (Å²) in [5, 5.41) is 0. The van der Waals surface area contributed by atoms with Crippen LogP contribution in [-0.2, 0) is 13.1 Å². The van der Waals surface area contributed by atoms with Crippen molar-refractivity contribution in [2.45, 2.75) is 25.4 Å². The second-order valence-electron chi connectivity index (χ2n) is 7.54. The number of furan rings is 1. The second-order valence-corrected chi connectivity index (χ2v) is 7.54. The number of pyridine rings is 1. The summed E-state index contributed by atoms with van der Waals surface area (Å²) in [6, 6.07) is 18.4. The third kappa shape index (κ3) is 2.71. The average Bonchev–Trinajstić information content (AvgIpc) is 3.18. The highest BCUT2D eigenvalue weighted by molar-refractivity contribution is 5.56. The number of nitrogens with zero attached hydrogens (tertiary/aromatic N) is 2.